The van der Waals surface area contributed by atoms with E-state index in [1.54, 1.807) is 17.4 Å². The monoisotopic (exact) mass is 294 g/mol. The summed E-state index contributed by atoms with van der Waals surface area (Å²) in [7, 11) is 0. The molecular weight excluding hydrogens is 272 g/mol. The first-order chi connectivity index (χ1) is 9.72. The van der Waals surface area contributed by atoms with Gasteiger partial charge in [-0.3, -0.25) is 9.69 Å². The third kappa shape index (κ3) is 4.16. The molecule has 1 aliphatic rings. The Labute approximate surface area is 124 Å². The zero-order valence-electron chi connectivity index (χ0n) is 11.7. The fraction of sp³-hybridized carbons (Fsp3) is 0.533. The molecule has 2 heterocycles. The number of hydrogen-bond acceptors (Lipinski definition) is 4. The number of aliphatic hydroxyl groups excluding tert-OH is 1. The average Bonchev–Trinajstić information content (AvgIpc) is 3.09. The van der Waals surface area contributed by atoms with Crippen molar-refractivity contribution in [3.05, 3.63) is 35.0 Å². The molecule has 5 heteroatoms. The maximum absolute atomic E-state index is 12.4. The van der Waals surface area contributed by atoms with Gasteiger partial charge in [0.2, 0.25) is 5.91 Å². The summed E-state index contributed by atoms with van der Waals surface area (Å²) in [5.41, 5.74) is 0. The second kappa shape index (κ2) is 7.57. The molecule has 1 unspecified atom stereocenters. The van der Waals surface area contributed by atoms with E-state index in [-0.39, 0.29) is 12.5 Å². The van der Waals surface area contributed by atoms with E-state index < -0.39 is 0 Å². The molecule has 0 aromatic carbocycles. The van der Waals surface area contributed by atoms with Crippen molar-refractivity contribution in [3.63, 3.8) is 0 Å². The maximum atomic E-state index is 12.4. The molecule has 0 bridgehead atoms. The number of rotatable bonds is 7. The molecular formula is C15H22N2O2S. The van der Waals surface area contributed by atoms with Crippen LogP contribution in [0, 0.1) is 5.92 Å². The summed E-state index contributed by atoms with van der Waals surface area (Å²) in [5.74, 6) is 0.463. The molecule has 2 rings (SSSR count). The van der Waals surface area contributed by atoms with Gasteiger partial charge in [-0.1, -0.05) is 12.1 Å². The molecule has 1 fully saturated rings. The fourth-order valence-electron chi connectivity index (χ4n) is 2.50. The van der Waals surface area contributed by atoms with Crippen LogP contribution in [0.2, 0.25) is 0 Å². The van der Waals surface area contributed by atoms with Crippen LogP contribution in [0.5, 0.6) is 0 Å². The second-order valence-corrected chi connectivity index (χ2v) is 6.25. The molecule has 1 saturated heterocycles. The van der Waals surface area contributed by atoms with Gasteiger partial charge in [-0.25, -0.2) is 0 Å². The molecule has 0 saturated carbocycles. The first-order valence-corrected chi connectivity index (χ1v) is 7.85. The van der Waals surface area contributed by atoms with Gasteiger partial charge in [-0.05, 0) is 30.3 Å². The molecule has 0 radical (unpaired) electrons. The normalized spacial score (nSPS) is 19.1. The number of aliphatic hydroxyl groups is 1. The lowest BCUT2D eigenvalue weighted by molar-refractivity contribution is -0.132. The summed E-state index contributed by atoms with van der Waals surface area (Å²) in [5, 5.41) is 11.2. The van der Waals surface area contributed by atoms with Crippen molar-refractivity contribution >= 4 is 17.2 Å². The average molecular weight is 294 g/mol. The molecule has 1 amide bonds. The number of hydrogen-bond donors (Lipinski definition) is 1. The minimum Gasteiger partial charge on any atom is -0.396 e. The van der Waals surface area contributed by atoms with E-state index in [0.29, 0.717) is 25.6 Å². The van der Waals surface area contributed by atoms with Gasteiger partial charge in [-0.2, -0.15) is 0 Å². The second-order valence-electron chi connectivity index (χ2n) is 5.21. The van der Waals surface area contributed by atoms with Crippen LogP contribution in [-0.2, 0) is 11.3 Å². The topological polar surface area (TPSA) is 43.8 Å². The zero-order valence-corrected chi connectivity index (χ0v) is 12.5. The van der Waals surface area contributed by atoms with Crippen LogP contribution >= 0.6 is 11.3 Å². The number of likely N-dealkylation sites (tertiary alicyclic amines) is 1. The van der Waals surface area contributed by atoms with Crippen LogP contribution in [0.15, 0.2) is 30.2 Å². The van der Waals surface area contributed by atoms with Gasteiger partial charge < -0.3 is 10.0 Å². The van der Waals surface area contributed by atoms with E-state index in [0.717, 1.165) is 19.5 Å². The minimum absolute atomic E-state index is 0.136. The Kier molecular flexibility index (Phi) is 5.76. The number of carbonyl (C=O) groups is 1. The molecule has 1 aromatic heterocycles. The third-order valence-electron chi connectivity index (χ3n) is 3.62. The Morgan fingerprint density at radius 3 is 3.10 bits per heavy atom. The summed E-state index contributed by atoms with van der Waals surface area (Å²) in [6.07, 6.45) is 2.75. The predicted molar refractivity (Wildman–Crippen MR) is 81.6 cm³/mol. The standard InChI is InChI=1S/C15H22N2O2S/c1-2-6-17(10-14-4-3-8-20-14)15(19)11-16-7-5-13(9-16)12-18/h2-4,8,13,18H,1,5-7,9-12H2. The lowest BCUT2D eigenvalue weighted by Crippen LogP contribution is -2.39. The van der Waals surface area contributed by atoms with Gasteiger partial charge in [0.1, 0.15) is 0 Å². The Morgan fingerprint density at radius 2 is 2.50 bits per heavy atom. The Bertz CT molecular complexity index is 433. The SMILES string of the molecule is C=CCN(Cc1cccs1)C(=O)CN1CCC(CO)C1. The van der Waals surface area contributed by atoms with Gasteiger partial charge in [-0.15, -0.1) is 17.9 Å². The van der Waals surface area contributed by atoms with Gasteiger partial charge in [0.15, 0.2) is 0 Å². The van der Waals surface area contributed by atoms with Crippen LogP contribution in [0.1, 0.15) is 11.3 Å². The molecule has 1 atom stereocenters. The van der Waals surface area contributed by atoms with Crippen LogP contribution in [0.25, 0.3) is 0 Å². The van der Waals surface area contributed by atoms with Crippen molar-refractivity contribution in [1.82, 2.24) is 9.80 Å². The number of nitrogens with zero attached hydrogens (tertiary/aromatic N) is 2. The van der Waals surface area contributed by atoms with Crippen molar-refractivity contribution in [3.8, 4) is 0 Å². The van der Waals surface area contributed by atoms with E-state index in [9.17, 15) is 4.79 Å². The molecule has 4 nitrogen and oxygen atoms in total. The van der Waals surface area contributed by atoms with Crippen LogP contribution < -0.4 is 0 Å². The molecule has 20 heavy (non-hydrogen) atoms. The van der Waals surface area contributed by atoms with Crippen molar-refractivity contribution in [1.29, 1.82) is 0 Å². The van der Waals surface area contributed by atoms with Gasteiger partial charge in [0.05, 0.1) is 13.1 Å². The van der Waals surface area contributed by atoms with E-state index in [2.05, 4.69) is 11.5 Å². The largest absolute Gasteiger partial charge is 0.396 e. The number of thiophene rings is 1. The Balaban J connectivity index is 1.88. The molecule has 0 aliphatic carbocycles. The Hall–Kier alpha value is -1.17. The summed E-state index contributed by atoms with van der Waals surface area (Å²) < 4.78 is 0. The van der Waals surface area contributed by atoms with Gasteiger partial charge >= 0.3 is 0 Å². The highest BCUT2D eigenvalue weighted by Gasteiger charge is 2.25. The number of carbonyl (C=O) groups excluding carboxylic acids is 1. The van der Waals surface area contributed by atoms with E-state index in [1.807, 2.05) is 22.4 Å². The summed E-state index contributed by atoms with van der Waals surface area (Å²) in [6.45, 7) is 7.34. The highest BCUT2D eigenvalue weighted by atomic mass is 32.1. The van der Waals surface area contributed by atoms with Crippen LogP contribution in [0.3, 0.4) is 0 Å². The van der Waals surface area contributed by atoms with Crippen LogP contribution in [-0.4, -0.2) is 53.6 Å². The van der Waals surface area contributed by atoms with Crippen molar-refractivity contribution in [2.75, 3.05) is 32.8 Å². The summed E-state index contributed by atoms with van der Waals surface area (Å²) >= 11 is 1.67. The highest BCUT2D eigenvalue weighted by molar-refractivity contribution is 7.09. The predicted octanol–water partition coefficient (Wildman–Crippen LogP) is 1.58. The van der Waals surface area contributed by atoms with Crippen molar-refractivity contribution < 1.29 is 9.90 Å². The van der Waals surface area contributed by atoms with Gasteiger partial charge in [0.25, 0.3) is 0 Å². The fourth-order valence-corrected chi connectivity index (χ4v) is 3.22. The molecule has 110 valence electrons. The highest BCUT2D eigenvalue weighted by Crippen LogP contribution is 2.16. The first kappa shape index (κ1) is 15.2. The summed E-state index contributed by atoms with van der Waals surface area (Å²) in [6, 6.07) is 4.05. The lowest BCUT2D eigenvalue weighted by atomic mass is 10.1. The summed E-state index contributed by atoms with van der Waals surface area (Å²) in [4.78, 5) is 17.5. The minimum atomic E-state index is 0.136. The third-order valence-corrected chi connectivity index (χ3v) is 4.48. The Morgan fingerprint density at radius 1 is 1.65 bits per heavy atom. The lowest BCUT2D eigenvalue weighted by Gasteiger charge is -2.24. The van der Waals surface area contributed by atoms with Crippen molar-refractivity contribution in [2.45, 2.75) is 13.0 Å². The zero-order chi connectivity index (χ0) is 14.4. The number of amides is 1. The van der Waals surface area contributed by atoms with Crippen molar-refractivity contribution in [2.24, 2.45) is 5.92 Å². The van der Waals surface area contributed by atoms with E-state index in [4.69, 9.17) is 5.11 Å². The molecule has 1 aromatic rings. The van der Waals surface area contributed by atoms with Crippen LogP contribution in [0.4, 0.5) is 0 Å². The van der Waals surface area contributed by atoms with Gasteiger partial charge in [0, 0.05) is 24.6 Å². The molecule has 1 N–H and O–H groups in total. The first-order valence-electron chi connectivity index (χ1n) is 6.97. The molecule has 0 spiro atoms. The van der Waals surface area contributed by atoms with E-state index >= 15 is 0 Å². The van der Waals surface area contributed by atoms with E-state index in [1.165, 1.54) is 4.88 Å². The maximum Gasteiger partial charge on any atom is 0.237 e. The smallest absolute Gasteiger partial charge is 0.237 e. The quantitative estimate of drug-likeness (QED) is 0.777. The molecule has 1 aliphatic heterocycles.